The van der Waals surface area contributed by atoms with Crippen molar-refractivity contribution in [3.63, 3.8) is 0 Å². The van der Waals surface area contributed by atoms with Crippen molar-refractivity contribution >= 4 is 5.69 Å². The average Bonchev–Trinajstić information content (AvgIpc) is 2.37. The minimum Gasteiger partial charge on any atom is -0.368 e. The zero-order valence-electron chi connectivity index (χ0n) is 10.4. The summed E-state index contributed by atoms with van der Waals surface area (Å²) in [5, 5.41) is 0. The second-order valence-corrected chi connectivity index (χ2v) is 4.78. The molecule has 2 nitrogen and oxygen atoms in total. The SMILES string of the molecule is NCc1cccc(F)c1N1CCCC(C(F)(F)F)C1. The molecule has 0 bridgehead atoms. The summed E-state index contributed by atoms with van der Waals surface area (Å²) in [5.41, 5.74) is 6.30. The topological polar surface area (TPSA) is 29.3 Å². The average molecular weight is 276 g/mol. The van der Waals surface area contributed by atoms with Crippen molar-refractivity contribution < 1.29 is 17.6 Å². The number of alkyl halides is 3. The van der Waals surface area contributed by atoms with E-state index in [-0.39, 0.29) is 25.2 Å². The third-order valence-electron chi connectivity index (χ3n) is 3.49. The van der Waals surface area contributed by atoms with Crippen LogP contribution in [0.3, 0.4) is 0 Å². The first kappa shape index (κ1) is 14.1. The normalized spacial score (nSPS) is 20.7. The number of nitrogens with two attached hydrogens (primary N) is 1. The number of hydrogen-bond acceptors (Lipinski definition) is 2. The molecule has 1 aromatic rings. The molecular formula is C13H16F4N2. The van der Waals surface area contributed by atoms with Gasteiger partial charge in [0.2, 0.25) is 0 Å². The van der Waals surface area contributed by atoms with Crippen molar-refractivity contribution in [1.82, 2.24) is 0 Å². The highest BCUT2D eigenvalue weighted by Gasteiger charge is 2.42. The van der Waals surface area contributed by atoms with E-state index in [1.807, 2.05) is 0 Å². The fourth-order valence-electron chi connectivity index (χ4n) is 2.53. The molecule has 1 unspecified atom stereocenters. The van der Waals surface area contributed by atoms with Gasteiger partial charge in [-0.05, 0) is 24.5 Å². The Kier molecular flexibility index (Phi) is 3.99. The second kappa shape index (κ2) is 5.36. The van der Waals surface area contributed by atoms with E-state index in [9.17, 15) is 17.6 Å². The Morgan fingerprint density at radius 3 is 2.68 bits per heavy atom. The molecule has 0 amide bonds. The van der Waals surface area contributed by atoms with Crippen LogP contribution in [-0.2, 0) is 6.54 Å². The van der Waals surface area contributed by atoms with Crippen LogP contribution in [0.5, 0.6) is 0 Å². The lowest BCUT2D eigenvalue weighted by Crippen LogP contribution is -2.42. The molecule has 0 radical (unpaired) electrons. The molecule has 1 saturated heterocycles. The highest BCUT2D eigenvalue weighted by Crippen LogP contribution is 2.36. The summed E-state index contributed by atoms with van der Waals surface area (Å²) >= 11 is 0. The summed E-state index contributed by atoms with van der Waals surface area (Å²) in [5.74, 6) is -1.91. The molecule has 1 aliphatic rings. The Morgan fingerprint density at radius 1 is 1.32 bits per heavy atom. The van der Waals surface area contributed by atoms with Crippen LogP contribution in [0.15, 0.2) is 18.2 Å². The maximum absolute atomic E-state index is 13.9. The summed E-state index contributed by atoms with van der Waals surface area (Å²) in [4.78, 5) is 1.47. The lowest BCUT2D eigenvalue weighted by atomic mass is 9.96. The monoisotopic (exact) mass is 276 g/mol. The van der Waals surface area contributed by atoms with Crippen molar-refractivity contribution in [2.75, 3.05) is 18.0 Å². The van der Waals surface area contributed by atoms with E-state index in [0.717, 1.165) is 0 Å². The molecule has 6 heteroatoms. The highest BCUT2D eigenvalue weighted by atomic mass is 19.4. The molecule has 1 atom stereocenters. The zero-order chi connectivity index (χ0) is 14.0. The van der Waals surface area contributed by atoms with E-state index in [1.165, 1.54) is 17.0 Å². The minimum atomic E-state index is -4.23. The first-order valence-electron chi connectivity index (χ1n) is 6.22. The summed E-state index contributed by atoms with van der Waals surface area (Å²) in [7, 11) is 0. The van der Waals surface area contributed by atoms with Crippen LogP contribution < -0.4 is 10.6 Å². The van der Waals surface area contributed by atoms with Crippen molar-refractivity contribution in [1.29, 1.82) is 0 Å². The Morgan fingerprint density at radius 2 is 2.05 bits per heavy atom. The molecule has 1 fully saturated rings. The molecule has 0 saturated carbocycles. The van der Waals surface area contributed by atoms with Crippen LogP contribution in [0.2, 0.25) is 0 Å². The fraction of sp³-hybridized carbons (Fsp3) is 0.538. The van der Waals surface area contributed by atoms with Gasteiger partial charge in [0.1, 0.15) is 5.82 Å². The molecule has 19 heavy (non-hydrogen) atoms. The van der Waals surface area contributed by atoms with Crippen LogP contribution in [0.4, 0.5) is 23.2 Å². The van der Waals surface area contributed by atoms with Gasteiger partial charge in [-0.1, -0.05) is 12.1 Å². The quantitative estimate of drug-likeness (QED) is 0.841. The van der Waals surface area contributed by atoms with Crippen molar-refractivity contribution in [2.24, 2.45) is 11.7 Å². The first-order chi connectivity index (χ1) is 8.93. The Hall–Kier alpha value is -1.30. The number of hydrogen-bond donors (Lipinski definition) is 1. The van der Waals surface area contributed by atoms with Gasteiger partial charge in [0.05, 0.1) is 11.6 Å². The Bertz CT molecular complexity index is 445. The number of halogens is 4. The summed E-state index contributed by atoms with van der Waals surface area (Å²) in [6.07, 6.45) is -3.72. The number of piperidine rings is 1. The summed E-state index contributed by atoms with van der Waals surface area (Å²) in [6, 6.07) is 4.42. The molecule has 1 aliphatic heterocycles. The standard InChI is InChI=1S/C13H16F4N2/c14-11-5-1-3-9(7-18)12(11)19-6-2-4-10(8-19)13(15,16)17/h1,3,5,10H,2,4,6-8,18H2. The molecular weight excluding hydrogens is 260 g/mol. The van der Waals surface area contributed by atoms with Gasteiger partial charge in [-0.2, -0.15) is 13.2 Å². The number of benzene rings is 1. The van der Waals surface area contributed by atoms with E-state index in [1.54, 1.807) is 6.07 Å². The van der Waals surface area contributed by atoms with E-state index in [0.29, 0.717) is 18.5 Å². The number of anilines is 1. The second-order valence-electron chi connectivity index (χ2n) is 4.78. The maximum atomic E-state index is 13.9. The third kappa shape index (κ3) is 3.00. The molecule has 1 heterocycles. The zero-order valence-corrected chi connectivity index (χ0v) is 10.4. The van der Waals surface area contributed by atoms with Crippen LogP contribution in [-0.4, -0.2) is 19.3 Å². The van der Waals surface area contributed by atoms with Crippen molar-refractivity contribution in [2.45, 2.75) is 25.6 Å². The number of rotatable bonds is 2. The van der Waals surface area contributed by atoms with Crippen molar-refractivity contribution in [3.8, 4) is 0 Å². The molecule has 0 aliphatic carbocycles. The van der Waals surface area contributed by atoms with Crippen LogP contribution >= 0.6 is 0 Å². The van der Waals surface area contributed by atoms with E-state index in [4.69, 9.17) is 5.73 Å². The maximum Gasteiger partial charge on any atom is 0.393 e. The Labute approximate surface area is 109 Å². The smallest absolute Gasteiger partial charge is 0.368 e. The van der Waals surface area contributed by atoms with Crippen LogP contribution in [0.1, 0.15) is 18.4 Å². The highest BCUT2D eigenvalue weighted by molar-refractivity contribution is 5.55. The van der Waals surface area contributed by atoms with Crippen LogP contribution in [0, 0.1) is 11.7 Å². The van der Waals surface area contributed by atoms with Crippen molar-refractivity contribution in [3.05, 3.63) is 29.6 Å². The number of para-hydroxylation sites is 1. The molecule has 0 aromatic heterocycles. The summed E-state index contributed by atoms with van der Waals surface area (Å²) in [6.45, 7) is 0.345. The lowest BCUT2D eigenvalue weighted by molar-refractivity contribution is -0.176. The lowest BCUT2D eigenvalue weighted by Gasteiger charge is -2.36. The number of nitrogens with zero attached hydrogens (tertiary/aromatic N) is 1. The molecule has 2 rings (SSSR count). The largest absolute Gasteiger partial charge is 0.393 e. The summed E-state index contributed by atoms with van der Waals surface area (Å²) < 4.78 is 52.2. The predicted octanol–water partition coefficient (Wildman–Crippen LogP) is 3.06. The van der Waals surface area contributed by atoms with E-state index >= 15 is 0 Å². The van der Waals surface area contributed by atoms with Gasteiger partial charge in [0.15, 0.2) is 0 Å². The van der Waals surface area contributed by atoms with E-state index < -0.39 is 17.9 Å². The van der Waals surface area contributed by atoms with Gasteiger partial charge in [0.25, 0.3) is 0 Å². The van der Waals surface area contributed by atoms with Gasteiger partial charge in [0, 0.05) is 19.6 Å². The molecule has 106 valence electrons. The van der Waals surface area contributed by atoms with Gasteiger partial charge in [-0.3, -0.25) is 0 Å². The van der Waals surface area contributed by atoms with E-state index in [2.05, 4.69) is 0 Å². The van der Waals surface area contributed by atoms with Crippen LogP contribution in [0.25, 0.3) is 0 Å². The van der Waals surface area contributed by atoms with Gasteiger partial charge < -0.3 is 10.6 Å². The molecule has 2 N–H and O–H groups in total. The predicted molar refractivity (Wildman–Crippen MR) is 65.3 cm³/mol. The Balaban J connectivity index is 2.27. The van der Waals surface area contributed by atoms with Gasteiger partial charge >= 0.3 is 6.18 Å². The minimum absolute atomic E-state index is 0.104. The third-order valence-corrected chi connectivity index (χ3v) is 3.49. The van der Waals surface area contributed by atoms with Gasteiger partial charge in [-0.25, -0.2) is 4.39 Å². The first-order valence-corrected chi connectivity index (χ1v) is 6.22. The fourth-order valence-corrected chi connectivity index (χ4v) is 2.53. The van der Waals surface area contributed by atoms with Gasteiger partial charge in [-0.15, -0.1) is 0 Å². The molecule has 0 spiro atoms. The molecule has 1 aromatic carbocycles.